The van der Waals surface area contributed by atoms with Gasteiger partial charge in [-0.3, -0.25) is 4.79 Å². The van der Waals surface area contributed by atoms with Gasteiger partial charge in [-0.25, -0.2) is 9.38 Å². The van der Waals surface area contributed by atoms with E-state index >= 15 is 0 Å². The number of rotatable bonds is 4. The van der Waals surface area contributed by atoms with Crippen molar-refractivity contribution in [3.63, 3.8) is 0 Å². The number of aliphatic imine (C=N–C) groups is 1. The molecule has 3 aromatic rings. The summed E-state index contributed by atoms with van der Waals surface area (Å²) in [4.78, 5) is 19.3. The molecular weight excluding hydrogens is 473 g/mol. The molecule has 0 saturated heterocycles. The smallest absolute Gasteiger partial charge is 0.251 e. The predicted octanol–water partition coefficient (Wildman–Crippen LogP) is 5.16. The van der Waals surface area contributed by atoms with E-state index < -0.39 is 12.1 Å². The normalized spacial score (nSPS) is 17.7. The molecule has 164 valence electrons. The summed E-state index contributed by atoms with van der Waals surface area (Å²) >= 11 is 3.37. The summed E-state index contributed by atoms with van der Waals surface area (Å²) < 4.78 is 14.1. The summed E-state index contributed by atoms with van der Waals surface area (Å²) in [5.74, 6) is 0.200. The largest absolute Gasteiger partial charge is 0.390 e. The molecule has 2 N–H and O–H groups in total. The number of benzene rings is 3. The topological polar surface area (TPSA) is 64.9 Å². The van der Waals surface area contributed by atoms with Crippen molar-refractivity contribution in [1.29, 1.82) is 0 Å². The van der Waals surface area contributed by atoms with Crippen LogP contribution < -0.4 is 10.2 Å². The van der Waals surface area contributed by atoms with Gasteiger partial charge in [0.05, 0.1) is 17.8 Å². The van der Waals surface area contributed by atoms with Crippen LogP contribution >= 0.6 is 15.9 Å². The van der Waals surface area contributed by atoms with Crippen LogP contribution in [0.15, 0.2) is 76.2 Å². The lowest BCUT2D eigenvalue weighted by molar-refractivity contribution is 0.0858. The molecular formula is C25H23BrFN3O2. The molecule has 32 heavy (non-hydrogen) atoms. The summed E-state index contributed by atoms with van der Waals surface area (Å²) in [5.41, 5.74) is 3.92. The van der Waals surface area contributed by atoms with Crippen molar-refractivity contribution in [2.75, 3.05) is 11.9 Å². The molecule has 0 unspecified atom stereocenters. The average Bonchev–Trinajstić information content (AvgIpc) is 3.08. The first-order valence-corrected chi connectivity index (χ1v) is 11.0. The third-order valence-electron chi connectivity index (χ3n) is 5.66. The van der Waals surface area contributed by atoms with E-state index in [0.29, 0.717) is 17.7 Å². The minimum absolute atomic E-state index is 0.240. The van der Waals surface area contributed by atoms with Gasteiger partial charge in [-0.1, -0.05) is 22.0 Å². The Bertz CT molecular complexity index is 1160. The van der Waals surface area contributed by atoms with Crippen molar-refractivity contribution in [2.24, 2.45) is 4.99 Å². The Morgan fingerprint density at radius 2 is 1.81 bits per heavy atom. The van der Waals surface area contributed by atoms with Crippen LogP contribution in [0.1, 0.15) is 34.5 Å². The Labute approximate surface area is 194 Å². The number of fused-ring (bicyclic) bond motifs is 1. The number of nitrogens with one attached hydrogen (secondary N) is 1. The molecule has 0 spiro atoms. The van der Waals surface area contributed by atoms with Crippen molar-refractivity contribution in [3.8, 4) is 0 Å². The van der Waals surface area contributed by atoms with Crippen molar-refractivity contribution < 1.29 is 14.3 Å². The number of amidine groups is 1. The first-order chi connectivity index (χ1) is 15.3. The molecule has 0 aromatic heterocycles. The molecule has 5 nitrogen and oxygen atoms in total. The van der Waals surface area contributed by atoms with Crippen molar-refractivity contribution in [3.05, 3.63) is 93.7 Å². The summed E-state index contributed by atoms with van der Waals surface area (Å²) in [6.45, 7) is 1.87. The number of aliphatic hydroxyl groups excluding tert-OH is 1. The Kier molecular flexibility index (Phi) is 6.39. The quantitative estimate of drug-likeness (QED) is 0.388. The van der Waals surface area contributed by atoms with Gasteiger partial charge in [0.25, 0.3) is 5.91 Å². The minimum atomic E-state index is -0.702. The first kappa shape index (κ1) is 22.2. The lowest BCUT2D eigenvalue weighted by atomic mass is 10.1. The Morgan fingerprint density at radius 1 is 1.12 bits per heavy atom. The van der Waals surface area contributed by atoms with Crippen LogP contribution in [0.25, 0.3) is 0 Å². The van der Waals surface area contributed by atoms with Gasteiger partial charge in [-0.15, -0.1) is 0 Å². The van der Waals surface area contributed by atoms with E-state index in [1.807, 2.05) is 37.1 Å². The highest BCUT2D eigenvalue weighted by atomic mass is 79.9. The molecule has 0 radical (unpaired) electrons. The fraction of sp³-hybridized carbons (Fsp3) is 0.200. The second-order valence-electron chi connectivity index (χ2n) is 7.81. The van der Waals surface area contributed by atoms with Crippen molar-refractivity contribution in [1.82, 2.24) is 5.32 Å². The number of aliphatic hydroxyl groups is 1. The molecule has 1 aliphatic carbocycles. The number of carbonyl (C=O) groups is 1. The second kappa shape index (κ2) is 9.22. The fourth-order valence-corrected chi connectivity index (χ4v) is 4.06. The lowest BCUT2D eigenvalue weighted by Crippen LogP contribution is -2.33. The average molecular weight is 496 g/mol. The van der Waals surface area contributed by atoms with E-state index in [0.717, 1.165) is 27.1 Å². The van der Waals surface area contributed by atoms with Crippen LogP contribution in [-0.4, -0.2) is 30.0 Å². The van der Waals surface area contributed by atoms with E-state index in [2.05, 4.69) is 21.2 Å². The standard InChI is InChI=1S/C25H23BrFN3O2/c1-15(30(2)21-11-8-19(27)9-12-21)28-20-10-5-17-13-23(31)24(22(17)14-20)29-25(32)16-3-6-18(26)7-4-16/h3-12,14,23-24,31H,13H2,1-2H3,(H,29,32)/t23-,24-/m1/s1. The maximum absolute atomic E-state index is 13.2. The Balaban J connectivity index is 1.56. The van der Waals surface area contributed by atoms with Crippen LogP contribution in [0, 0.1) is 5.82 Å². The highest BCUT2D eigenvalue weighted by Gasteiger charge is 2.32. The van der Waals surface area contributed by atoms with Crippen LogP contribution in [0.5, 0.6) is 0 Å². The van der Waals surface area contributed by atoms with Gasteiger partial charge < -0.3 is 15.3 Å². The van der Waals surface area contributed by atoms with E-state index in [1.165, 1.54) is 12.1 Å². The zero-order chi connectivity index (χ0) is 22.8. The first-order valence-electron chi connectivity index (χ1n) is 10.2. The number of anilines is 1. The molecule has 0 aliphatic heterocycles. The van der Waals surface area contributed by atoms with Gasteiger partial charge in [0, 0.05) is 29.2 Å². The van der Waals surface area contributed by atoms with Crippen LogP contribution in [0.3, 0.4) is 0 Å². The molecule has 3 aromatic carbocycles. The van der Waals surface area contributed by atoms with Gasteiger partial charge in [0.2, 0.25) is 0 Å². The van der Waals surface area contributed by atoms with Crippen LogP contribution in [-0.2, 0) is 6.42 Å². The number of nitrogens with zero attached hydrogens (tertiary/aromatic N) is 2. The van der Waals surface area contributed by atoms with E-state index in [-0.39, 0.29) is 11.7 Å². The van der Waals surface area contributed by atoms with E-state index in [4.69, 9.17) is 4.99 Å². The number of halogens is 2. The van der Waals surface area contributed by atoms with Gasteiger partial charge in [-0.2, -0.15) is 0 Å². The number of carbonyl (C=O) groups excluding carboxylic acids is 1. The molecule has 0 heterocycles. The third kappa shape index (κ3) is 4.74. The van der Waals surface area contributed by atoms with E-state index in [1.54, 1.807) is 36.4 Å². The molecule has 1 amide bonds. The zero-order valence-corrected chi connectivity index (χ0v) is 19.3. The molecule has 2 atom stereocenters. The third-order valence-corrected chi connectivity index (χ3v) is 6.19. The molecule has 1 aliphatic rings. The number of hydrogen-bond donors (Lipinski definition) is 2. The lowest BCUT2D eigenvalue weighted by Gasteiger charge is -2.20. The molecule has 0 bridgehead atoms. The minimum Gasteiger partial charge on any atom is -0.390 e. The highest BCUT2D eigenvalue weighted by molar-refractivity contribution is 9.10. The van der Waals surface area contributed by atoms with Gasteiger partial charge in [0.15, 0.2) is 0 Å². The Morgan fingerprint density at radius 3 is 2.50 bits per heavy atom. The molecule has 7 heteroatoms. The van der Waals surface area contributed by atoms with Crippen LogP contribution in [0.4, 0.5) is 15.8 Å². The monoisotopic (exact) mass is 495 g/mol. The van der Waals surface area contributed by atoms with Crippen LogP contribution in [0.2, 0.25) is 0 Å². The number of amides is 1. The number of hydrogen-bond acceptors (Lipinski definition) is 3. The fourth-order valence-electron chi connectivity index (χ4n) is 3.79. The maximum atomic E-state index is 13.2. The summed E-state index contributed by atoms with van der Waals surface area (Å²) in [5, 5.41) is 13.5. The van der Waals surface area contributed by atoms with Gasteiger partial charge in [0.1, 0.15) is 11.7 Å². The van der Waals surface area contributed by atoms with Gasteiger partial charge in [-0.05, 0) is 78.7 Å². The predicted molar refractivity (Wildman–Crippen MR) is 128 cm³/mol. The maximum Gasteiger partial charge on any atom is 0.251 e. The summed E-state index contributed by atoms with van der Waals surface area (Å²) in [7, 11) is 1.87. The summed E-state index contributed by atoms with van der Waals surface area (Å²) in [6, 6.07) is 18.5. The highest BCUT2D eigenvalue weighted by Crippen LogP contribution is 2.34. The molecule has 4 rings (SSSR count). The zero-order valence-electron chi connectivity index (χ0n) is 17.7. The van der Waals surface area contributed by atoms with Gasteiger partial charge >= 0.3 is 0 Å². The SMILES string of the molecule is CC(=Nc1ccc2c(c1)[C@@H](NC(=O)c1ccc(Br)cc1)[C@H](O)C2)N(C)c1ccc(F)cc1. The second-order valence-corrected chi connectivity index (χ2v) is 8.72. The molecule has 0 saturated carbocycles. The summed E-state index contributed by atoms with van der Waals surface area (Å²) in [6.07, 6.45) is -0.231. The molecule has 0 fully saturated rings. The van der Waals surface area contributed by atoms with Crippen molar-refractivity contribution in [2.45, 2.75) is 25.5 Å². The Hall–Kier alpha value is -3.03. The van der Waals surface area contributed by atoms with E-state index in [9.17, 15) is 14.3 Å². The van der Waals surface area contributed by atoms with Crippen molar-refractivity contribution >= 4 is 39.0 Å².